The molecule has 0 radical (unpaired) electrons. The van der Waals surface area contributed by atoms with Crippen LogP contribution in [0.25, 0.3) is 10.9 Å². The van der Waals surface area contributed by atoms with Gasteiger partial charge in [-0.3, -0.25) is 4.98 Å². The van der Waals surface area contributed by atoms with E-state index in [2.05, 4.69) is 4.98 Å². The van der Waals surface area contributed by atoms with E-state index in [1.165, 1.54) is 22.6 Å². The highest BCUT2D eigenvalue weighted by atomic mass is 32.2. The molecule has 0 bridgehead atoms. The lowest BCUT2D eigenvalue weighted by molar-refractivity contribution is 0.424. The Morgan fingerprint density at radius 2 is 1.79 bits per heavy atom. The Hall–Kier alpha value is -2.44. The number of phenolic OH excluding ortho intramolecular Hbond substituents is 1. The van der Waals surface area contributed by atoms with Crippen molar-refractivity contribution in [3.8, 4) is 5.75 Å². The average Bonchev–Trinajstić information content (AvgIpc) is 2.60. The van der Waals surface area contributed by atoms with E-state index >= 15 is 0 Å². The van der Waals surface area contributed by atoms with Crippen molar-refractivity contribution in [1.82, 2.24) is 9.29 Å². The third-order valence-corrected chi connectivity index (χ3v) is 5.86. The first-order valence-electron chi connectivity index (χ1n) is 7.65. The van der Waals surface area contributed by atoms with Crippen LogP contribution in [0, 0.1) is 0 Å². The number of aromatic hydroxyl groups is 1. The Bertz CT molecular complexity index is 956. The largest absolute Gasteiger partial charge is 0.506 e. The van der Waals surface area contributed by atoms with E-state index in [1.807, 2.05) is 30.3 Å². The van der Waals surface area contributed by atoms with Crippen LogP contribution in [0.15, 0.2) is 65.7 Å². The fraction of sp³-hybridized carbons (Fsp3) is 0.167. The number of phenols is 1. The topological polar surface area (TPSA) is 70.5 Å². The summed E-state index contributed by atoms with van der Waals surface area (Å²) in [6, 6.07) is 15.6. The molecule has 6 heteroatoms. The number of hydrogen-bond acceptors (Lipinski definition) is 4. The van der Waals surface area contributed by atoms with Crippen molar-refractivity contribution >= 4 is 20.9 Å². The lowest BCUT2D eigenvalue weighted by atomic mass is 10.2. The van der Waals surface area contributed by atoms with E-state index < -0.39 is 10.0 Å². The molecule has 2 aromatic carbocycles. The highest BCUT2D eigenvalue weighted by molar-refractivity contribution is 7.89. The van der Waals surface area contributed by atoms with Gasteiger partial charge in [0.15, 0.2) is 0 Å². The minimum atomic E-state index is -3.71. The molecule has 0 aliphatic heterocycles. The van der Waals surface area contributed by atoms with Gasteiger partial charge in [-0.25, -0.2) is 8.42 Å². The molecule has 0 atom stereocenters. The zero-order valence-corrected chi connectivity index (χ0v) is 14.1. The molecule has 0 amide bonds. The number of hydrogen-bond donors (Lipinski definition) is 1. The molecule has 1 N–H and O–H groups in total. The van der Waals surface area contributed by atoms with E-state index in [9.17, 15) is 13.5 Å². The van der Waals surface area contributed by atoms with Crippen LogP contribution in [0.2, 0.25) is 0 Å². The zero-order chi connectivity index (χ0) is 17.2. The molecule has 24 heavy (non-hydrogen) atoms. The van der Waals surface area contributed by atoms with Crippen LogP contribution >= 0.6 is 0 Å². The molecule has 3 rings (SSSR count). The van der Waals surface area contributed by atoms with Crippen molar-refractivity contribution in [1.29, 1.82) is 0 Å². The van der Waals surface area contributed by atoms with Crippen LogP contribution in [0.1, 0.15) is 12.5 Å². The van der Waals surface area contributed by atoms with Crippen LogP contribution in [-0.2, 0) is 16.6 Å². The van der Waals surface area contributed by atoms with Crippen LogP contribution < -0.4 is 0 Å². The summed E-state index contributed by atoms with van der Waals surface area (Å²) >= 11 is 0. The number of sulfonamides is 1. The molecule has 1 aromatic heterocycles. The van der Waals surface area contributed by atoms with Gasteiger partial charge in [-0.2, -0.15) is 4.31 Å². The molecule has 3 aromatic rings. The molecule has 0 aliphatic rings. The predicted molar refractivity (Wildman–Crippen MR) is 93.1 cm³/mol. The van der Waals surface area contributed by atoms with Crippen molar-refractivity contribution in [2.45, 2.75) is 18.4 Å². The number of rotatable bonds is 5. The molecule has 0 aliphatic carbocycles. The minimum Gasteiger partial charge on any atom is -0.506 e. The smallest absolute Gasteiger partial charge is 0.244 e. The third kappa shape index (κ3) is 2.98. The Balaban J connectivity index is 2.08. The molecule has 0 spiro atoms. The Morgan fingerprint density at radius 3 is 2.50 bits per heavy atom. The third-order valence-electron chi connectivity index (χ3n) is 3.88. The van der Waals surface area contributed by atoms with E-state index in [1.54, 1.807) is 19.1 Å². The van der Waals surface area contributed by atoms with Gasteiger partial charge in [0.2, 0.25) is 10.0 Å². The molecule has 0 saturated heterocycles. The molecule has 0 saturated carbocycles. The van der Waals surface area contributed by atoms with Crippen molar-refractivity contribution < 1.29 is 13.5 Å². The van der Waals surface area contributed by atoms with Crippen LogP contribution in [0.3, 0.4) is 0 Å². The molecule has 0 unspecified atom stereocenters. The van der Waals surface area contributed by atoms with E-state index in [0.717, 1.165) is 5.56 Å². The Kier molecular flexibility index (Phi) is 4.51. The molecule has 0 fully saturated rings. The molecule has 1 heterocycles. The maximum absolute atomic E-state index is 13.1. The lowest BCUT2D eigenvalue weighted by Gasteiger charge is -2.21. The van der Waals surface area contributed by atoms with Crippen molar-refractivity contribution in [2.24, 2.45) is 0 Å². The van der Waals surface area contributed by atoms with E-state index in [4.69, 9.17) is 0 Å². The highest BCUT2D eigenvalue weighted by Gasteiger charge is 2.26. The van der Waals surface area contributed by atoms with Crippen LogP contribution in [-0.4, -0.2) is 29.4 Å². The second-order valence-electron chi connectivity index (χ2n) is 5.40. The standard InChI is InChI=1S/C18H18N2O3S/c1-2-20(13-14-7-4-3-5-8-14)24(22,23)17-11-10-16(21)18-15(17)9-6-12-19-18/h3-12,21H,2,13H2,1H3. The summed E-state index contributed by atoms with van der Waals surface area (Å²) in [5.41, 5.74) is 1.21. The lowest BCUT2D eigenvalue weighted by Crippen LogP contribution is -2.30. The molecule has 5 nitrogen and oxygen atoms in total. The number of nitrogens with zero attached hydrogens (tertiary/aromatic N) is 2. The van der Waals surface area contributed by atoms with Gasteiger partial charge in [0.1, 0.15) is 11.3 Å². The minimum absolute atomic E-state index is 0.0318. The summed E-state index contributed by atoms with van der Waals surface area (Å²) in [6.45, 7) is 2.45. The summed E-state index contributed by atoms with van der Waals surface area (Å²) in [6.07, 6.45) is 1.53. The predicted octanol–water partition coefficient (Wildman–Crippen LogP) is 3.15. The number of benzene rings is 2. The number of aromatic nitrogens is 1. The van der Waals surface area contributed by atoms with Crippen molar-refractivity contribution in [3.05, 3.63) is 66.4 Å². The molecule has 124 valence electrons. The second kappa shape index (κ2) is 6.59. The summed E-state index contributed by atoms with van der Waals surface area (Å²) < 4.78 is 27.6. The SMILES string of the molecule is CCN(Cc1ccccc1)S(=O)(=O)c1ccc(O)c2ncccc12. The number of fused-ring (bicyclic) bond motifs is 1. The van der Waals surface area contributed by atoms with Gasteiger partial charge in [0, 0.05) is 24.7 Å². The van der Waals surface area contributed by atoms with Gasteiger partial charge >= 0.3 is 0 Å². The van der Waals surface area contributed by atoms with Gasteiger partial charge in [-0.1, -0.05) is 37.3 Å². The van der Waals surface area contributed by atoms with Gasteiger partial charge in [-0.05, 0) is 29.8 Å². The second-order valence-corrected chi connectivity index (χ2v) is 7.31. The van der Waals surface area contributed by atoms with Gasteiger partial charge in [0.05, 0.1) is 4.90 Å². The van der Waals surface area contributed by atoms with Crippen molar-refractivity contribution in [3.63, 3.8) is 0 Å². The summed E-state index contributed by atoms with van der Waals surface area (Å²) in [4.78, 5) is 4.24. The maximum Gasteiger partial charge on any atom is 0.244 e. The van der Waals surface area contributed by atoms with Crippen molar-refractivity contribution in [2.75, 3.05) is 6.54 Å². The van der Waals surface area contributed by atoms with Crippen LogP contribution in [0.5, 0.6) is 5.75 Å². The van der Waals surface area contributed by atoms with Gasteiger partial charge in [-0.15, -0.1) is 0 Å². The molecular weight excluding hydrogens is 324 g/mol. The average molecular weight is 342 g/mol. The number of pyridine rings is 1. The normalized spacial score (nSPS) is 11.9. The van der Waals surface area contributed by atoms with Gasteiger partial charge < -0.3 is 5.11 Å². The first-order valence-corrected chi connectivity index (χ1v) is 9.09. The summed E-state index contributed by atoms with van der Waals surface area (Å²) in [5.74, 6) is -0.0318. The quantitative estimate of drug-likeness (QED) is 0.773. The highest BCUT2D eigenvalue weighted by Crippen LogP contribution is 2.30. The monoisotopic (exact) mass is 342 g/mol. The fourth-order valence-corrected chi connectivity index (χ4v) is 4.27. The summed E-state index contributed by atoms with van der Waals surface area (Å²) in [5, 5.41) is 10.3. The zero-order valence-electron chi connectivity index (χ0n) is 13.3. The fourth-order valence-electron chi connectivity index (χ4n) is 2.65. The first-order chi connectivity index (χ1) is 11.5. The maximum atomic E-state index is 13.1. The van der Waals surface area contributed by atoms with E-state index in [0.29, 0.717) is 18.5 Å². The Labute approximate surface area is 141 Å². The van der Waals surface area contributed by atoms with Crippen LogP contribution in [0.4, 0.5) is 0 Å². The Morgan fingerprint density at radius 1 is 1.04 bits per heavy atom. The van der Waals surface area contributed by atoms with E-state index in [-0.39, 0.29) is 16.2 Å². The first kappa shape index (κ1) is 16.4. The molecular formula is C18H18N2O3S. The van der Waals surface area contributed by atoms with Gasteiger partial charge in [0.25, 0.3) is 0 Å². The summed E-state index contributed by atoms with van der Waals surface area (Å²) in [7, 11) is -3.71.